The number of carboxylic acids is 1. The molecule has 6 heteroatoms. The highest BCUT2D eigenvalue weighted by Gasteiger charge is 2.20. The molecule has 2 aromatic carbocycles. The van der Waals surface area contributed by atoms with Crippen molar-refractivity contribution in [1.29, 1.82) is 0 Å². The van der Waals surface area contributed by atoms with Crippen molar-refractivity contribution in [2.24, 2.45) is 7.05 Å². The van der Waals surface area contributed by atoms with E-state index < -0.39 is 17.9 Å². The molecule has 1 atom stereocenters. The van der Waals surface area contributed by atoms with E-state index in [0.717, 1.165) is 33.4 Å². The number of amides is 1. The summed E-state index contributed by atoms with van der Waals surface area (Å²) in [5.74, 6) is -1.54. The van der Waals surface area contributed by atoms with Crippen LogP contribution in [0.15, 0.2) is 85.1 Å². The maximum atomic E-state index is 12.6. The molecule has 0 aliphatic rings. The van der Waals surface area contributed by atoms with Gasteiger partial charge in [-0.05, 0) is 29.3 Å². The summed E-state index contributed by atoms with van der Waals surface area (Å²) in [6, 6.07) is 21.9. The van der Waals surface area contributed by atoms with Gasteiger partial charge in [0, 0.05) is 36.7 Å². The van der Waals surface area contributed by atoms with Gasteiger partial charge in [-0.3, -0.25) is 4.79 Å². The van der Waals surface area contributed by atoms with E-state index in [1.165, 1.54) is 6.08 Å². The van der Waals surface area contributed by atoms with Crippen LogP contribution in [0.3, 0.4) is 0 Å². The molecule has 4 aromatic rings. The largest absolute Gasteiger partial charge is 0.480 e. The number of aromatic nitrogens is 2. The molecule has 0 spiro atoms. The normalized spacial score (nSPS) is 12.2. The Hall–Kier alpha value is -4.19. The molecular weight excluding hydrogens is 402 g/mol. The van der Waals surface area contributed by atoms with E-state index in [9.17, 15) is 14.7 Å². The second-order valence-electron chi connectivity index (χ2n) is 7.48. The fourth-order valence-corrected chi connectivity index (χ4v) is 3.83. The summed E-state index contributed by atoms with van der Waals surface area (Å²) in [7, 11) is 1.94. The average molecular weight is 425 g/mol. The van der Waals surface area contributed by atoms with E-state index in [2.05, 4.69) is 10.3 Å². The Morgan fingerprint density at radius 1 is 1.03 bits per heavy atom. The van der Waals surface area contributed by atoms with Crippen LogP contribution in [0, 0.1) is 0 Å². The van der Waals surface area contributed by atoms with Gasteiger partial charge in [-0.25, -0.2) is 9.78 Å². The second kappa shape index (κ2) is 9.31. The lowest BCUT2D eigenvalue weighted by molar-refractivity contribution is -0.141. The smallest absolute Gasteiger partial charge is 0.326 e. The Bertz CT molecular complexity index is 1280. The molecule has 160 valence electrons. The molecule has 0 aliphatic carbocycles. The molecule has 2 N–H and O–H groups in total. The van der Waals surface area contributed by atoms with Crippen LogP contribution in [0.2, 0.25) is 0 Å². The maximum Gasteiger partial charge on any atom is 0.326 e. The van der Waals surface area contributed by atoms with Crippen LogP contribution in [0.4, 0.5) is 0 Å². The summed E-state index contributed by atoms with van der Waals surface area (Å²) < 4.78 is 2.00. The highest BCUT2D eigenvalue weighted by Crippen LogP contribution is 2.32. The van der Waals surface area contributed by atoms with Gasteiger partial charge < -0.3 is 15.0 Å². The molecular formula is C26H23N3O3. The Morgan fingerprint density at radius 3 is 2.41 bits per heavy atom. The number of hydrogen-bond acceptors (Lipinski definition) is 3. The third kappa shape index (κ3) is 4.44. The Morgan fingerprint density at radius 2 is 1.72 bits per heavy atom. The predicted octanol–water partition coefficient (Wildman–Crippen LogP) is 4.07. The fraction of sp³-hybridized carbons (Fsp3) is 0.115. The molecule has 0 unspecified atom stereocenters. The van der Waals surface area contributed by atoms with Crippen molar-refractivity contribution >= 4 is 29.0 Å². The van der Waals surface area contributed by atoms with E-state index >= 15 is 0 Å². The number of carbonyl (C=O) groups excluding carboxylic acids is 1. The van der Waals surface area contributed by atoms with Crippen molar-refractivity contribution in [3.05, 3.63) is 96.2 Å². The van der Waals surface area contributed by atoms with Crippen LogP contribution in [0.5, 0.6) is 0 Å². The van der Waals surface area contributed by atoms with Crippen molar-refractivity contribution < 1.29 is 14.7 Å². The van der Waals surface area contributed by atoms with Gasteiger partial charge in [0.2, 0.25) is 5.91 Å². The van der Waals surface area contributed by atoms with Crippen molar-refractivity contribution in [2.45, 2.75) is 12.5 Å². The predicted molar refractivity (Wildman–Crippen MR) is 125 cm³/mol. The minimum Gasteiger partial charge on any atom is -0.480 e. The monoisotopic (exact) mass is 425 g/mol. The molecule has 1 amide bonds. The number of hydrogen-bond donors (Lipinski definition) is 2. The maximum absolute atomic E-state index is 12.6. The number of fused-ring (bicyclic) bond motifs is 1. The second-order valence-corrected chi connectivity index (χ2v) is 7.48. The van der Waals surface area contributed by atoms with Crippen LogP contribution in [0.25, 0.3) is 28.4 Å². The van der Waals surface area contributed by atoms with Crippen LogP contribution >= 0.6 is 0 Å². The Balaban J connectivity index is 1.63. The van der Waals surface area contributed by atoms with Gasteiger partial charge in [-0.2, -0.15) is 0 Å². The lowest BCUT2D eigenvalue weighted by Gasteiger charge is -2.13. The van der Waals surface area contributed by atoms with Crippen molar-refractivity contribution in [2.75, 3.05) is 0 Å². The SMILES string of the molecule is Cn1c(-c2ccccc2)c(/C=C/C(=O)N[C@@H](Cc2ccccc2)C(=O)O)c2cccnc21. The van der Waals surface area contributed by atoms with Gasteiger partial charge in [0.05, 0.1) is 5.69 Å². The number of aryl methyl sites for hydroxylation is 1. The van der Waals surface area contributed by atoms with E-state index in [0.29, 0.717) is 0 Å². The molecule has 2 aromatic heterocycles. The first-order valence-electron chi connectivity index (χ1n) is 10.3. The first-order valence-corrected chi connectivity index (χ1v) is 10.3. The minimum atomic E-state index is -1.07. The molecule has 2 heterocycles. The van der Waals surface area contributed by atoms with E-state index in [1.54, 1.807) is 12.3 Å². The molecule has 0 saturated carbocycles. The average Bonchev–Trinajstić information content (AvgIpc) is 3.10. The van der Waals surface area contributed by atoms with Crippen LogP contribution < -0.4 is 5.32 Å². The van der Waals surface area contributed by atoms with Gasteiger partial charge in [0.25, 0.3) is 0 Å². The molecule has 4 rings (SSSR count). The summed E-state index contributed by atoms with van der Waals surface area (Å²) in [5.41, 5.74) is 4.43. The third-order valence-corrected chi connectivity index (χ3v) is 5.33. The minimum absolute atomic E-state index is 0.212. The van der Waals surface area contributed by atoms with Crippen LogP contribution in [-0.4, -0.2) is 32.6 Å². The quantitative estimate of drug-likeness (QED) is 0.437. The zero-order chi connectivity index (χ0) is 22.5. The van der Waals surface area contributed by atoms with E-state index in [1.807, 2.05) is 84.4 Å². The fourth-order valence-electron chi connectivity index (χ4n) is 3.83. The van der Waals surface area contributed by atoms with Crippen molar-refractivity contribution in [3.63, 3.8) is 0 Å². The van der Waals surface area contributed by atoms with Crippen LogP contribution in [0.1, 0.15) is 11.1 Å². The molecule has 0 bridgehead atoms. The number of carbonyl (C=O) groups is 2. The molecule has 0 radical (unpaired) electrons. The third-order valence-electron chi connectivity index (χ3n) is 5.33. The number of rotatable bonds is 7. The van der Waals surface area contributed by atoms with Gasteiger partial charge in [-0.1, -0.05) is 60.7 Å². The molecule has 0 saturated heterocycles. The summed E-state index contributed by atoms with van der Waals surface area (Å²) in [5, 5.41) is 13.1. The first-order chi connectivity index (χ1) is 15.5. The molecule has 32 heavy (non-hydrogen) atoms. The van der Waals surface area contributed by atoms with E-state index in [4.69, 9.17) is 0 Å². The van der Waals surface area contributed by atoms with Crippen molar-refractivity contribution in [3.8, 4) is 11.3 Å². The number of benzene rings is 2. The van der Waals surface area contributed by atoms with Crippen LogP contribution in [-0.2, 0) is 23.1 Å². The van der Waals surface area contributed by atoms with Gasteiger partial charge in [-0.15, -0.1) is 0 Å². The number of carboxylic acid groups (broad SMARTS) is 1. The van der Waals surface area contributed by atoms with Crippen molar-refractivity contribution in [1.82, 2.24) is 14.9 Å². The highest BCUT2D eigenvalue weighted by atomic mass is 16.4. The molecule has 0 aliphatic heterocycles. The standard InChI is InChI=1S/C26H23N3O3/c1-29-24(19-11-6-3-7-12-19)20(21-13-8-16-27-25(21)29)14-15-23(30)28-22(26(31)32)17-18-9-4-2-5-10-18/h2-16,22H,17H2,1H3,(H,28,30)(H,31,32)/b15-14+/t22-/m0/s1. The first kappa shape index (κ1) is 21.1. The summed E-state index contributed by atoms with van der Waals surface area (Å²) in [6.07, 6.45) is 5.06. The number of nitrogens with one attached hydrogen (secondary N) is 1. The lowest BCUT2D eigenvalue weighted by atomic mass is 10.0. The summed E-state index contributed by atoms with van der Waals surface area (Å²) in [4.78, 5) is 28.8. The number of nitrogens with zero attached hydrogens (tertiary/aromatic N) is 2. The van der Waals surface area contributed by atoms with E-state index in [-0.39, 0.29) is 6.42 Å². The molecule has 0 fully saturated rings. The van der Waals surface area contributed by atoms with Gasteiger partial charge in [0.15, 0.2) is 0 Å². The lowest BCUT2D eigenvalue weighted by Crippen LogP contribution is -2.41. The number of pyridine rings is 1. The highest BCUT2D eigenvalue weighted by molar-refractivity contribution is 6.01. The Kier molecular flexibility index (Phi) is 6.12. The number of aliphatic carboxylic acids is 1. The van der Waals surface area contributed by atoms with Gasteiger partial charge >= 0.3 is 5.97 Å². The topological polar surface area (TPSA) is 84.2 Å². The zero-order valence-corrected chi connectivity index (χ0v) is 17.6. The summed E-state index contributed by atoms with van der Waals surface area (Å²) >= 11 is 0. The van der Waals surface area contributed by atoms with Gasteiger partial charge in [0.1, 0.15) is 11.7 Å². The Labute approximate surface area is 185 Å². The molecule has 6 nitrogen and oxygen atoms in total. The summed E-state index contributed by atoms with van der Waals surface area (Å²) in [6.45, 7) is 0. The zero-order valence-electron chi connectivity index (χ0n) is 17.6.